The third kappa shape index (κ3) is 3.13. The Morgan fingerprint density at radius 2 is 2.19 bits per heavy atom. The van der Waals surface area contributed by atoms with Gasteiger partial charge in [-0.25, -0.2) is 4.98 Å². The third-order valence-electron chi connectivity index (χ3n) is 4.92. The number of hydrogen-bond donors (Lipinski definition) is 3. The number of aliphatic hydroxyl groups excluding tert-OH is 1. The molecule has 1 unspecified atom stereocenters. The number of H-pyrrole nitrogens is 1. The Morgan fingerprint density at radius 3 is 2.85 bits per heavy atom. The Hall–Kier alpha value is -2.93. The molecule has 3 N–H and O–H groups in total. The fourth-order valence-electron chi connectivity index (χ4n) is 3.50. The van der Waals surface area contributed by atoms with Gasteiger partial charge >= 0.3 is 0 Å². The van der Waals surface area contributed by atoms with Gasteiger partial charge in [0, 0.05) is 36.8 Å². The highest BCUT2D eigenvalue weighted by Crippen LogP contribution is 2.38. The molecule has 1 atom stereocenters. The maximum absolute atomic E-state index is 13.0. The molecule has 1 amide bonds. The summed E-state index contributed by atoms with van der Waals surface area (Å²) in [5.74, 6) is 0.703. The number of aliphatic hydroxyl groups is 1. The lowest BCUT2D eigenvalue weighted by molar-refractivity contribution is 0.0235. The molecule has 0 saturated heterocycles. The van der Waals surface area contributed by atoms with Gasteiger partial charge in [0.2, 0.25) is 0 Å². The van der Waals surface area contributed by atoms with Crippen LogP contribution in [-0.4, -0.2) is 36.9 Å². The number of aryl methyl sites for hydroxylation is 1. The van der Waals surface area contributed by atoms with Crippen LogP contribution < -0.4 is 5.32 Å². The molecular formula is C19H21N5O2. The first-order valence-electron chi connectivity index (χ1n) is 8.68. The number of benzene rings is 1. The SMILES string of the molecule is Cn1cc(C(NC(=O)c2ccccc2-c2ncc[nH]2)C2CC(O)C2)cn1. The van der Waals surface area contributed by atoms with E-state index in [1.807, 2.05) is 31.4 Å². The molecule has 2 heterocycles. The Balaban J connectivity index is 1.61. The van der Waals surface area contributed by atoms with Gasteiger partial charge in [-0.1, -0.05) is 18.2 Å². The number of nitrogens with one attached hydrogen (secondary N) is 2. The second-order valence-electron chi connectivity index (χ2n) is 6.77. The number of carbonyl (C=O) groups excluding carboxylic acids is 1. The minimum Gasteiger partial charge on any atom is -0.393 e. The van der Waals surface area contributed by atoms with Crippen LogP contribution in [0.5, 0.6) is 0 Å². The smallest absolute Gasteiger partial charge is 0.252 e. The molecule has 7 heteroatoms. The zero-order chi connectivity index (χ0) is 18.1. The van der Waals surface area contributed by atoms with Crippen LogP contribution in [0.25, 0.3) is 11.4 Å². The van der Waals surface area contributed by atoms with Gasteiger partial charge in [0.15, 0.2) is 0 Å². The molecule has 0 aliphatic heterocycles. The lowest BCUT2D eigenvalue weighted by Gasteiger charge is -2.37. The Bertz CT molecular complexity index is 896. The van der Waals surface area contributed by atoms with Crippen molar-refractivity contribution in [3.63, 3.8) is 0 Å². The molecular weight excluding hydrogens is 330 g/mol. The zero-order valence-corrected chi connectivity index (χ0v) is 14.5. The summed E-state index contributed by atoms with van der Waals surface area (Å²) in [5.41, 5.74) is 2.28. The molecule has 1 aromatic carbocycles. The van der Waals surface area contributed by atoms with Crippen molar-refractivity contribution in [2.45, 2.75) is 25.0 Å². The number of amides is 1. The van der Waals surface area contributed by atoms with E-state index in [4.69, 9.17) is 0 Å². The first kappa shape index (κ1) is 16.5. The second-order valence-corrected chi connectivity index (χ2v) is 6.77. The molecule has 3 aromatic rings. The molecule has 0 spiro atoms. The standard InChI is InChI=1S/C19H21N5O2/c1-24-11-13(10-22-24)17(12-8-14(25)9-12)23-19(26)16-5-3-2-4-15(16)18-20-6-7-21-18/h2-7,10-12,14,17,25H,8-9H2,1H3,(H,20,21)(H,23,26). The topological polar surface area (TPSA) is 95.8 Å². The van der Waals surface area contributed by atoms with E-state index in [-0.39, 0.29) is 24.0 Å². The van der Waals surface area contributed by atoms with Crippen LogP contribution in [0.15, 0.2) is 49.1 Å². The van der Waals surface area contributed by atoms with Crippen molar-refractivity contribution in [3.8, 4) is 11.4 Å². The van der Waals surface area contributed by atoms with E-state index in [2.05, 4.69) is 20.4 Å². The predicted octanol–water partition coefficient (Wildman–Crippen LogP) is 2.05. The number of hydrogen-bond acceptors (Lipinski definition) is 4. The fourth-order valence-corrected chi connectivity index (χ4v) is 3.50. The monoisotopic (exact) mass is 351 g/mol. The van der Waals surface area contributed by atoms with Crippen LogP contribution in [0.4, 0.5) is 0 Å². The van der Waals surface area contributed by atoms with E-state index in [0.29, 0.717) is 24.2 Å². The van der Waals surface area contributed by atoms with Crippen molar-refractivity contribution in [2.75, 3.05) is 0 Å². The summed E-state index contributed by atoms with van der Waals surface area (Å²) >= 11 is 0. The van der Waals surface area contributed by atoms with Crippen molar-refractivity contribution >= 4 is 5.91 Å². The van der Waals surface area contributed by atoms with Crippen molar-refractivity contribution in [3.05, 3.63) is 60.2 Å². The van der Waals surface area contributed by atoms with Crippen molar-refractivity contribution < 1.29 is 9.90 Å². The minimum absolute atomic E-state index is 0.160. The molecule has 26 heavy (non-hydrogen) atoms. The summed E-state index contributed by atoms with van der Waals surface area (Å²) in [6, 6.07) is 7.22. The van der Waals surface area contributed by atoms with Crippen LogP contribution >= 0.6 is 0 Å². The molecule has 7 nitrogen and oxygen atoms in total. The maximum Gasteiger partial charge on any atom is 0.252 e. The summed E-state index contributed by atoms with van der Waals surface area (Å²) in [6.45, 7) is 0. The van der Waals surface area contributed by atoms with E-state index < -0.39 is 0 Å². The quantitative estimate of drug-likeness (QED) is 0.655. The van der Waals surface area contributed by atoms with Crippen molar-refractivity contribution in [2.24, 2.45) is 13.0 Å². The largest absolute Gasteiger partial charge is 0.393 e. The van der Waals surface area contributed by atoms with Gasteiger partial charge in [0.1, 0.15) is 5.82 Å². The highest BCUT2D eigenvalue weighted by Gasteiger charge is 2.36. The molecule has 134 valence electrons. The number of rotatable bonds is 5. The van der Waals surface area contributed by atoms with Crippen molar-refractivity contribution in [1.29, 1.82) is 0 Å². The third-order valence-corrected chi connectivity index (χ3v) is 4.92. The number of nitrogens with zero attached hydrogens (tertiary/aromatic N) is 3. The summed E-state index contributed by atoms with van der Waals surface area (Å²) in [6.07, 6.45) is 8.16. The molecule has 1 saturated carbocycles. The predicted molar refractivity (Wildman–Crippen MR) is 96.2 cm³/mol. The fraction of sp³-hybridized carbons (Fsp3) is 0.316. The molecule has 2 aromatic heterocycles. The van der Waals surface area contributed by atoms with Crippen LogP contribution in [-0.2, 0) is 7.05 Å². The van der Waals surface area contributed by atoms with Gasteiger partial charge in [-0.05, 0) is 24.8 Å². The number of aromatic amines is 1. The average molecular weight is 351 g/mol. The molecule has 0 radical (unpaired) electrons. The summed E-state index contributed by atoms with van der Waals surface area (Å²) in [4.78, 5) is 20.3. The second kappa shape index (κ2) is 6.76. The van der Waals surface area contributed by atoms with Crippen LogP contribution in [0.1, 0.15) is 34.8 Å². The first-order valence-corrected chi connectivity index (χ1v) is 8.68. The van der Waals surface area contributed by atoms with Gasteiger partial charge in [-0.2, -0.15) is 5.10 Å². The Kier molecular flexibility index (Phi) is 4.30. The van der Waals surface area contributed by atoms with E-state index in [1.165, 1.54) is 0 Å². The number of carbonyl (C=O) groups is 1. The Morgan fingerprint density at radius 1 is 1.38 bits per heavy atom. The van der Waals surface area contributed by atoms with Crippen LogP contribution in [0.2, 0.25) is 0 Å². The van der Waals surface area contributed by atoms with Crippen molar-refractivity contribution in [1.82, 2.24) is 25.1 Å². The molecule has 1 aliphatic carbocycles. The minimum atomic E-state index is -0.286. The normalized spacial score (nSPS) is 20.4. The molecule has 1 fully saturated rings. The van der Waals surface area contributed by atoms with Crippen LogP contribution in [0, 0.1) is 5.92 Å². The summed E-state index contributed by atoms with van der Waals surface area (Å²) in [7, 11) is 1.85. The van der Waals surface area contributed by atoms with Gasteiger partial charge in [0.05, 0.1) is 23.9 Å². The number of imidazole rings is 1. The summed E-state index contributed by atoms with van der Waals surface area (Å²) < 4.78 is 1.72. The lowest BCUT2D eigenvalue weighted by atomic mass is 9.75. The van der Waals surface area contributed by atoms with E-state index in [1.54, 1.807) is 29.3 Å². The first-order chi connectivity index (χ1) is 12.6. The highest BCUT2D eigenvalue weighted by atomic mass is 16.3. The van der Waals surface area contributed by atoms with Gasteiger partial charge in [-0.15, -0.1) is 0 Å². The zero-order valence-electron chi connectivity index (χ0n) is 14.5. The maximum atomic E-state index is 13.0. The van der Waals surface area contributed by atoms with Gasteiger partial charge < -0.3 is 15.4 Å². The Labute approximate surface area is 151 Å². The average Bonchev–Trinajstić information content (AvgIpc) is 3.29. The molecule has 0 bridgehead atoms. The molecule has 4 rings (SSSR count). The van der Waals surface area contributed by atoms with E-state index in [0.717, 1.165) is 11.1 Å². The number of aromatic nitrogens is 4. The lowest BCUT2D eigenvalue weighted by Crippen LogP contribution is -2.41. The molecule has 1 aliphatic rings. The highest BCUT2D eigenvalue weighted by molar-refractivity contribution is 6.00. The van der Waals surface area contributed by atoms with E-state index in [9.17, 15) is 9.90 Å². The van der Waals surface area contributed by atoms with Crippen LogP contribution in [0.3, 0.4) is 0 Å². The summed E-state index contributed by atoms with van der Waals surface area (Å²) in [5, 5.41) is 17.1. The van der Waals surface area contributed by atoms with Gasteiger partial charge in [-0.3, -0.25) is 9.48 Å². The van der Waals surface area contributed by atoms with E-state index >= 15 is 0 Å². The van der Waals surface area contributed by atoms with Gasteiger partial charge in [0.25, 0.3) is 5.91 Å².